The van der Waals surface area contributed by atoms with Crippen molar-refractivity contribution in [2.24, 2.45) is 0 Å². The van der Waals surface area contributed by atoms with Crippen LogP contribution in [-0.2, 0) is 4.79 Å². The third-order valence-electron chi connectivity index (χ3n) is 3.31. The maximum Gasteiger partial charge on any atom is 0.324 e. The summed E-state index contributed by atoms with van der Waals surface area (Å²) in [7, 11) is 0. The number of nitrogens with zero attached hydrogens (tertiary/aromatic N) is 1. The molecular weight excluding hydrogens is 222 g/mol. The van der Waals surface area contributed by atoms with Crippen LogP contribution in [0.4, 0.5) is 0 Å². The summed E-state index contributed by atoms with van der Waals surface area (Å²) < 4.78 is 0. The lowest BCUT2D eigenvalue weighted by atomic mass is 9.89. The fourth-order valence-electron chi connectivity index (χ4n) is 2.45. The molecule has 0 bridgehead atoms. The van der Waals surface area contributed by atoms with E-state index in [2.05, 4.69) is 18.7 Å². The molecule has 16 heavy (non-hydrogen) atoms. The summed E-state index contributed by atoms with van der Waals surface area (Å²) in [5.74, 6) is 1.35. The van der Waals surface area contributed by atoms with E-state index >= 15 is 0 Å². The second kappa shape index (κ2) is 6.50. The summed E-state index contributed by atoms with van der Waals surface area (Å²) >= 11 is 1.88. The predicted molar refractivity (Wildman–Crippen MR) is 69.1 cm³/mol. The Kier molecular flexibility index (Phi) is 5.62. The molecule has 0 radical (unpaired) electrons. The van der Waals surface area contributed by atoms with Crippen LogP contribution < -0.4 is 0 Å². The molecule has 0 aliphatic carbocycles. The first kappa shape index (κ1) is 13.8. The van der Waals surface area contributed by atoms with Crippen molar-refractivity contribution in [1.29, 1.82) is 0 Å². The fraction of sp³-hybridized carbons (Fsp3) is 0.917. The highest BCUT2D eigenvalue weighted by molar-refractivity contribution is 7.99. The molecule has 1 aliphatic rings. The van der Waals surface area contributed by atoms with Crippen LogP contribution in [0.25, 0.3) is 0 Å². The van der Waals surface area contributed by atoms with Crippen molar-refractivity contribution in [3.05, 3.63) is 0 Å². The SMILES string of the molecule is CCCN(CCC)C1(C(=O)O)CCSCC1. The second-order valence-electron chi connectivity index (χ2n) is 4.44. The van der Waals surface area contributed by atoms with Gasteiger partial charge in [-0.25, -0.2) is 0 Å². The van der Waals surface area contributed by atoms with Crippen molar-refractivity contribution in [3.63, 3.8) is 0 Å². The number of hydrogen-bond acceptors (Lipinski definition) is 3. The number of carbonyl (C=O) groups is 1. The maximum absolute atomic E-state index is 11.6. The van der Waals surface area contributed by atoms with E-state index in [1.54, 1.807) is 0 Å². The van der Waals surface area contributed by atoms with Gasteiger partial charge < -0.3 is 5.11 Å². The van der Waals surface area contributed by atoms with E-state index in [0.29, 0.717) is 0 Å². The highest BCUT2D eigenvalue weighted by Gasteiger charge is 2.44. The van der Waals surface area contributed by atoms with Gasteiger partial charge >= 0.3 is 5.97 Å². The summed E-state index contributed by atoms with van der Waals surface area (Å²) in [6.07, 6.45) is 3.66. The summed E-state index contributed by atoms with van der Waals surface area (Å²) in [5, 5.41) is 9.56. The Bertz CT molecular complexity index is 221. The molecule has 94 valence electrons. The van der Waals surface area contributed by atoms with Gasteiger partial charge in [-0.3, -0.25) is 9.69 Å². The van der Waals surface area contributed by atoms with E-state index < -0.39 is 11.5 Å². The van der Waals surface area contributed by atoms with E-state index in [1.165, 1.54) is 0 Å². The lowest BCUT2D eigenvalue weighted by Gasteiger charge is -2.43. The molecule has 3 nitrogen and oxygen atoms in total. The van der Waals surface area contributed by atoms with Crippen molar-refractivity contribution in [1.82, 2.24) is 4.90 Å². The monoisotopic (exact) mass is 245 g/mol. The number of rotatable bonds is 6. The number of hydrogen-bond donors (Lipinski definition) is 1. The Morgan fingerprint density at radius 2 is 1.75 bits per heavy atom. The molecule has 0 atom stereocenters. The van der Waals surface area contributed by atoms with Crippen LogP contribution in [0.5, 0.6) is 0 Å². The van der Waals surface area contributed by atoms with Crippen LogP contribution >= 0.6 is 11.8 Å². The van der Waals surface area contributed by atoms with Gasteiger partial charge in [-0.15, -0.1) is 0 Å². The Labute approximate surface area is 103 Å². The molecule has 0 aromatic carbocycles. The quantitative estimate of drug-likeness (QED) is 0.780. The number of thioether (sulfide) groups is 1. The summed E-state index contributed by atoms with van der Waals surface area (Å²) in [4.78, 5) is 13.8. The molecule has 4 heteroatoms. The molecule has 0 spiro atoms. The number of carboxylic acids is 1. The van der Waals surface area contributed by atoms with Crippen molar-refractivity contribution in [2.75, 3.05) is 24.6 Å². The van der Waals surface area contributed by atoms with Gasteiger partial charge in [0, 0.05) is 0 Å². The third kappa shape index (κ3) is 2.92. The van der Waals surface area contributed by atoms with Crippen molar-refractivity contribution in [3.8, 4) is 0 Å². The van der Waals surface area contributed by atoms with Crippen molar-refractivity contribution < 1.29 is 9.90 Å². The van der Waals surface area contributed by atoms with E-state index in [-0.39, 0.29) is 0 Å². The van der Waals surface area contributed by atoms with E-state index in [1.807, 2.05) is 11.8 Å². The molecule has 0 saturated carbocycles. The minimum atomic E-state index is -0.616. The van der Waals surface area contributed by atoms with Crippen molar-refractivity contribution >= 4 is 17.7 Å². The Balaban J connectivity index is 2.82. The van der Waals surface area contributed by atoms with Gasteiger partial charge in [0.2, 0.25) is 0 Å². The largest absolute Gasteiger partial charge is 0.480 e. The zero-order valence-electron chi connectivity index (χ0n) is 10.4. The van der Waals surface area contributed by atoms with Crippen LogP contribution in [0.2, 0.25) is 0 Å². The average molecular weight is 245 g/mol. The normalized spacial score (nSPS) is 19.9. The number of aliphatic carboxylic acids is 1. The molecule has 1 aliphatic heterocycles. The molecule has 1 rings (SSSR count). The second-order valence-corrected chi connectivity index (χ2v) is 5.66. The minimum Gasteiger partial charge on any atom is -0.480 e. The summed E-state index contributed by atoms with van der Waals surface area (Å²) in [6.45, 7) is 6.06. The van der Waals surface area contributed by atoms with Gasteiger partial charge in [0.25, 0.3) is 0 Å². The molecule has 1 fully saturated rings. The standard InChI is InChI=1S/C12H23NO2S/c1-3-7-13(8-4-2)12(11(14)15)5-9-16-10-6-12/h3-10H2,1-2H3,(H,14,15). The van der Waals surface area contributed by atoms with Gasteiger partial charge in [0.1, 0.15) is 5.54 Å². The Morgan fingerprint density at radius 1 is 1.25 bits per heavy atom. The van der Waals surface area contributed by atoms with Gasteiger partial charge in [-0.2, -0.15) is 11.8 Å². The Hall–Kier alpha value is -0.220. The molecule has 0 aromatic rings. The molecule has 0 aromatic heterocycles. The van der Waals surface area contributed by atoms with Gasteiger partial charge in [0.15, 0.2) is 0 Å². The average Bonchev–Trinajstić information content (AvgIpc) is 2.29. The van der Waals surface area contributed by atoms with Crippen LogP contribution in [0.15, 0.2) is 0 Å². The maximum atomic E-state index is 11.6. The molecule has 1 saturated heterocycles. The first-order chi connectivity index (χ1) is 7.67. The minimum absolute atomic E-state index is 0.572. The van der Waals surface area contributed by atoms with Gasteiger partial charge in [-0.05, 0) is 50.3 Å². The number of carboxylic acid groups (broad SMARTS) is 1. The van der Waals surface area contributed by atoms with E-state index in [4.69, 9.17) is 0 Å². The third-order valence-corrected chi connectivity index (χ3v) is 4.30. The van der Waals surface area contributed by atoms with E-state index in [0.717, 1.165) is 50.3 Å². The molecule has 0 amide bonds. The topological polar surface area (TPSA) is 40.5 Å². The van der Waals surface area contributed by atoms with Crippen LogP contribution in [-0.4, -0.2) is 46.1 Å². The Morgan fingerprint density at radius 3 is 2.12 bits per heavy atom. The smallest absolute Gasteiger partial charge is 0.324 e. The van der Waals surface area contributed by atoms with Crippen LogP contribution in [0.1, 0.15) is 39.5 Å². The predicted octanol–water partition coefficient (Wildman–Crippen LogP) is 2.46. The summed E-state index contributed by atoms with van der Waals surface area (Å²) in [5.41, 5.74) is -0.572. The molecular formula is C12H23NO2S. The zero-order chi connectivity index (χ0) is 12.0. The van der Waals surface area contributed by atoms with Crippen molar-refractivity contribution in [2.45, 2.75) is 45.1 Å². The first-order valence-electron chi connectivity index (χ1n) is 6.23. The lowest BCUT2D eigenvalue weighted by molar-refractivity contribution is -0.152. The molecule has 0 unspecified atom stereocenters. The molecule has 1 heterocycles. The fourth-order valence-corrected chi connectivity index (χ4v) is 3.62. The highest BCUT2D eigenvalue weighted by Crippen LogP contribution is 2.33. The molecule has 1 N–H and O–H groups in total. The van der Waals surface area contributed by atoms with E-state index in [9.17, 15) is 9.90 Å². The summed E-state index contributed by atoms with van der Waals surface area (Å²) in [6, 6.07) is 0. The van der Waals surface area contributed by atoms with Crippen LogP contribution in [0, 0.1) is 0 Å². The highest BCUT2D eigenvalue weighted by atomic mass is 32.2. The van der Waals surface area contributed by atoms with Crippen LogP contribution in [0.3, 0.4) is 0 Å². The first-order valence-corrected chi connectivity index (χ1v) is 7.39. The zero-order valence-corrected chi connectivity index (χ0v) is 11.2. The lowest BCUT2D eigenvalue weighted by Crippen LogP contribution is -2.57. The van der Waals surface area contributed by atoms with Gasteiger partial charge in [-0.1, -0.05) is 13.8 Å². The van der Waals surface area contributed by atoms with Gasteiger partial charge in [0.05, 0.1) is 0 Å².